The molecule has 1 heterocycles. The highest BCUT2D eigenvalue weighted by atomic mass is 32.2. The summed E-state index contributed by atoms with van der Waals surface area (Å²) >= 11 is 0. The van der Waals surface area contributed by atoms with Crippen LogP contribution in [0.15, 0.2) is 48.5 Å². The number of benzene rings is 2. The Morgan fingerprint density at radius 1 is 0.972 bits per heavy atom. The van der Waals surface area contributed by atoms with Crippen LogP contribution in [0.3, 0.4) is 0 Å². The summed E-state index contributed by atoms with van der Waals surface area (Å²) in [6.45, 7) is 1.12. The molecule has 0 unspecified atom stereocenters. The van der Waals surface area contributed by atoms with Crippen LogP contribution in [0.5, 0.6) is 0 Å². The van der Waals surface area contributed by atoms with Crippen LogP contribution >= 0.6 is 0 Å². The van der Waals surface area contributed by atoms with E-state index in [1.165, 1.54) is 18.2 Å². The first-order valence-electron chi connectivity index (χ1n) is 12.1. The number of para-hydroxylation sites is 2. The lowest BCUT2D eigenvalue weighted by Crippen LogP contribution is -2.33. The molecule has 2 N–H and O–H groups in total. The number of nitrogens with one attached hydrogen (secondary N) is 2. The number of nitro benzene ring substituents is 1. The van der Waals surface area contributed by atoms with Crippen molar-refractivity contribution in [1.29, 1.82) is 0 Å². The number of nitro groups is 1. The van der Waals surface area contributed by atoms with E-state index in [9.17, 15) is 18.5 Å². The minimum Gasteiger partial charge on any atom is -0.362 e. The fraction of sp³-hybridized carbons (Fsp3) is 0.440. The predicted octanol–water partition coefficient (Wildman–Crippen LogP) is 3.94. The molecule has 36 heavy (non-hydrogen) atoms. The lowest BCUT2D eigenvalue weighted by atomic mass is 9.82. The second kappa shape index (κ2) is 11.2. The second-order valence-electron chi connectivity index (χ2n) is 9.54. The zero-order valence-corrected chi connectivity index (χ0v) is 21.4. The minimum atomic E-state index is -3.67. The van der Waals surface area contributed by atoms with Crippen molar-refractivity contribution in [2.45, 2.75) is 31.4 Å². The number of anilines is 2. The average Bonchev–Trinajstić information content (AvgIpc) is 2.86. The van der Waals surface area contributed by atoms with Gasteiger partial charge < -0.3 is 10.2 Å². The molecule has 0 atom stereocenters. The molecule has 2 aromatic carbocycles. The van der Waals surface area contributed by atoms with Gasteiger partial charge in [0.2, 0.25) is 16.0 Å². The summed E-state index contributed by atoms with van der Waals surface area (Å²) in [5, 5.41) is 15.6. The Morgan fingerprint density at radius 3 is 2.31 bits per heavy atom. The smallest absolute Gasteiger partial charge is 0.273 e. The molecule has 3 aromatic rings. The molecule has 1 aliphatic rings. The van der Waals surface area contributed by atoms with Crippen molar-refractivity contribution in [3.63, 3.8) is 0 Å². The summed E-state index contributed by atoms with van der Waals surface area (Å²) in [5.41, 5.74) is 0.914. The molecule has 1 saturated carbocycles. The Morgan fingerprint density at radius 2 is 1.61 bits per heavy atom. The maximum Gasteiger partial charge on any atom is 0.273 e. The van der Waals surface area contributed by atoms with E-state index < -0.39 is 20.7 Å². The summed E-state index contributed by atoms with van der Waals surface area (Å²) in [6.07, 6.45) is 3.80. The Bertz CT molecular complexity index is 1320. The number of rotatable bonds is 10. The van der Waals surface area contributed by atoms with E-state index >= 15 is 0 Å². The molecule has 1 aromatic heterocycles. The molecule has 11 heteroatoms. The van der Waals surface area contributed by atoms with E-state index in [1.54, 1.807) is 6.07 Å². The Kier molecular flexibility index (Phi) is 8.00. The van der Waals surface area contributed by atoms with Crippen LogP contribution < -0.4 is 14.9 Å². The molecule has 192 valence electrons. The summed E-state index contributed by atoms with van der Waals surface area (Å²) < 4.78 is 27.8. The Labute approximate surface area is 211 Å². The molecule has 0 bridgehead atoms. The molecule has 0 radical (unpaired) electrons. The molecule has 0 amide bonds. The van der Waals surface area contributed by atoms with Crippen LogP contribution in [0.1, 0.15) is 31.2 Å². The SMILES string of the molecule is CN(C)c1nc(NC[C@H]2CC[C@H](CNS(=O)(=O)Cc3ccccc3[N+](=O)[O-])CC2)nc2ccccc12. The number of hydrogen-bond donors (Lipinski definition) is 2. The van der Waals surface area contributed by atoms with Crippen LogP contribution in [0, 0.1) is 22.0 Å². The molecule has 0 aliphatic heterocycles. The van der Waals surface area contributed by atoms with E-state index in [0.29, 0.717) is 18.4 Å². The van der Waals surface area contributed by atoms with E-state index in [0.717, 1.165) is 48.9 Å². The lowest BCUT2D eigenvalue weighted by Gasteiger charge is -2.28. The van der Waals surface area contributed by atoms with Gasteiger partial charge in [0.1, 0.15) is 5.82 Å². The monoisotopic (exact) mass is 512 g/mol. The van der Waals surface area contributed by atoms with E-state index in [1.807, 2.05) is 43.3 Å². The average molecular weight is 513 g/mol. The van der Waals surface area contributed by atoms with Gasteiger partial charge in [-0.2, -0.15) is 4.98 Å². The van der Waals surface area contributed by atoms with Crippen molar-refractivity contribution in [3.05, 3.63) is 64.2 Å². The van der Waals surface area contributed by atoms with Gasteiger partial charge in [-0.3, -0.25) is 10.1 Å². The highest BCUT2D eigenvalue weighted by molar-refractivity contribution is 7.88. The topological polar surface area (TPSA) is 130 Å². The van der Waals surface area contributed by atoms with Crippen molar-refractivity contribution in [2.24, 2.45) is 11.8 Å². The molecule has 1 fully saturated rings. The summed E-state index contributed by atoms with van der Waals surface area (Å²) in [5.74, 6) is 1.80. The van der Waals surface area contributed by atoms with Crippen molar-refractivity contribution in [3.8, 4) is 0 Å². The van der Waals surface area contributed by atoms with Gasteiger partial charge in [0, 0.05) is 44.2 Å². The van der Waals surface area contributed by atoms with Crippen LogP contribution in [0.25, 0.3) is 10.9 Å². The van der Waals surface area contributed by atoms with Crippen molar-refractivity contribution >= 4 is 38.4 Å². The third kappa shape index (κ3) is 6.46. The molecule has 0 spiro atoms. The van der Waals surface area contributed by atoms with Gasteiger partial charge in [0.15, 0.2) is 0 Å². The van der Waals surface area contributed by atoms with Crippen LogP contribution in [-0.2, 0) is 15.8 Å². The number of aromatic nitrogens is 2. The lowest BCUT2D eigenvalue weighted by molar-refractivity contribution is -0.385. The number of sulfonamides is 1. The quantitative estimate of drug-likeness (QED) is 0.309. The normalized spacial score (nSPS) is 18.2. The van der Waals surface area contributed by atoms with Crippen molar-refractivity contribution in [2.75, 3.05) is 37.4 Å². The first-order chi connectivity index (χ1) is 17.2. The third-order valence-electron chi connectivity index (χ3n) is 6.65. The number of fused-ring (bicyclic) bond motifs is 1. The van der Waals surface area contributed by atoms with Gasteiger partial charge in [-0.25, -0.2) is 18.1 Å². The van der Waals surface area contributed by atoms with Crippen molar-refractivity contribution in [1.82, 2.24) is 14.7 Å². The third-order valence-corrected chi connectivity index (χ3v) is 7.95. The maximum atomic E-state index is 12.5. The van der Waals surface area contributed by atoms with E-state index in [2.05, 4.69) is 15.0 Å². The zero-order chi connectivity index (χ0) is 25.7. The van der Waals surface area contributed by atoms with Crippen molar-refractivity contribution < 1.29 is 13.3 Å². The first-order valence-corrected chi connectivity index (χ1v) is 13.7. The highest BCUT2D eigenvalue weighted by Crippen LogP contribution is 2.30. The van der Waals surface area contributed by atoms with Gasteiger partial charge >= 0.3 is 0 Å². The molecule has 4 rings (SSSR count). The largest absolute Gasteiger partial charge is 0.362 e. The number of hydrogen-bond acceptors (Lipinski definition) is 8. The first kappa shape index (κ1) is 25.8. The second-order valence-corrected chi connectivity index (χ2v) is 11.4. The molecular formula is C25H32N6O4S. The van der Waals surface area contributed by atoms with Gasteiger partial charge in [-0.15, -0.1) is 0 Å². The standard InChI is InChI=1S/C25H32N6O4S/c1-30(2)24-21-8-4-5-9-22(21)28-25(29-24)26-15-18-11-13-19(14-12-18)16-27-36(34,35)17-20-7-3-6-10-23(20)31(32)33/h3-10,18-19,27H,11-17H2,1-2H3,(H,26,28,29)/t18-,19-. The van der Waals surface area contributed by atoms with Gasteiger partial charge in [0.05, 0.1) is 16.2 Å². The van der Waals surface area contributed by atoms with E-state index in [4.69, 9.17) is 4.98 Å². The maximum absolute atomic E-state index is 12.5. The van der Waals surface area contributed by atoms with Crippen LogP contribution in [0.2, 0.25) is 0 Å². The summed E-state index contributed by atoms with van der Waals surface area (Å²) in [7, 11) is 0.269. The minimum absolute atomic E-state index is 0.177. The Hall–Kier alpha value is -3.31. The van der Waals surface area contributed by atoms with E-state index in [-0.39, 0.29) is 17.2 Å². The summed E-state index contributed by atoms with van der Waals surface area (Å²) in [6, 6.07) is 13.9. The van der Waals surface area contributed by atoms with Gasteiger partial charge in [-0.05, 0) is 49.7 Å². The Balaban J connectivity index is 1.26. The zero-order valence-electron chi connectivity index (χ0n) is 20.6. The van der Waals surface area contributed by atoms with Crippen LogP contribution in [0.4, 0.5) is 17.5 Å². The fourth-order valence-corrected chi connectivity index (χ4v) is 5.91. The molecule has 10 nitrogen and oxygen atoms in total. The molecule has 0 saturated heterocycles. The molecular weight excluding hydrogens is 480 g/mol. The fourth-order valence-electron chi connectivity index (χ4n) is 4.67. The van der Waals surface area contributed by atoms with Crippen LogP contribution in [-0.4, -0.2) is 50.5 Å². The predicted molar refractivity (Wildman–Crippen MR) is 142 cm³/mol. The summed E-state index contributed by atoms with van der Waals surface area (Å²) in [4.78, 5) is 21.9. The molecule has 1 aliphatic carbocycles. The van der Waals surface area contributed by atoms with Gasteiger partial charge in [-0.1, -0.05) is 30.3 Å². The highest BCUT2D eigenvalue weighted by Gasteiger charge is 2.24. The van der Waals surface area contributed by atoms with Gasteiger partial charge in [0.25, 0.3) is 5.69 Å². The number of nitrogens with zero attached hydrogens (tertiary/aromatic N) is 4.